The third kappa shape index (κ3) is 3.91. The number of ether oxygens (including phenoxy) is 1. The van der Waals surface area contributed by atoms with E-state index in [-0.39, 0.29) is 24.0 Å². The van der Waals surface area contributed by atoms with E-state index in [1.54, 1.807) is 4.90 Å². The van der Waals surface area contributed by atoms with Crippen LogP contribution < -0.4 is 0 Å². The predicted octanol–water partition coefficient (Wildman–Crippen LogP) is 3.89. The normalized spacial score (nSPS) is 24.6. The number of rotatable bonds is 2. The molecule has 3 unspecified atom stereocenters. The fourth-order valence-electron chi connectivity index (χ4n) is 3.50. The molecule has 1 aromatic rings. The SMILES string of the molecule is CC(c1ccccc1)C1CC(=N)C2CN(C(=O)OC(C)(C)C)CC2=N1. The van der Waals surface area contributed by atoms with Crippen molar-refractivity contribution in [2.24, 2.45) is 10.9 Å². The summed E-state index contributed by atoms with van der Waals surface area (Å²) in [4.78, 5) is 18.9. The third-order valence-electron chi connectivity index (χ3n) is 4.89. The molecule has 5 nitrogen and oxygen atoms in total. The summed E-state index contributed by atoms with van der Waals surface area (Å²) in [6.07, 6.45) is 0.344. The highest BCUT2D eigenvalue weighted by atomic mass is 16.6. The van der Waals surface area contributed by atoms with E-state index in [1.165, 1.54) is 5.56 Å². The van der Waals surface area contributed by atoms with Crippen molar-refractivity contribution in [2.45, 2.75) is 51.7 Å². The number of nitrogens with one attached hydrogen (secondary N) is 1. The molecule has 0 spiro atoms. The summed E-state index contributed by atoms with van der Waals surface area (Å²) < 4.78 is 5.47. The van der Waals surface area contributed by atoms with Gasteiger partial charge in [-0.05, 0) is 26.3 Å². The van der Waals surface area contributed by atoms with Crippen LogP contribution in [0.3, 0.4) is 0 Å². The van der Waals surface area contributed by atoms with Crippen molar-refractivity contribution in [3.63, 3.8) is 0 Å². The van der Waals surface area contributed by atoms with E-state index in [4.69, 9.17) is 15.1 Å². The highest BCUT2D eigenvalue weighted by Crippen LogP contribution is 2.31. The van der Waals surface area contributed by atoms with Gasteiger partial charge in [0.25, 0.3) is 0 Å². The third-order valence-corrected chi connectivity index (χ3v) is 4.89. The average molecular weight is 341 g/mol. The van der Waals surface area contributed by atoms with Crippen LogP contribution >= 0.6 is 0 Å². The summed E-state index contributed by atoms with van der Waals surface area (Å²) in [5, 5.41) is 8.45. The Morgan fingerprint density at radius 3 is 2.64 bits per heavy atom. The Kier molecular flexibility index (Phi) is 4.67. The molecule has 0 radical (unpaired) electrons. The zero-order valence-corrected chi connectivity index (χ0v) is 15.5. The molecular weight excluding hydrogens is 314 g/mol. The number of nitrogens with zero attached hydrogens (tertiary/aromatic N) is 2. The molecule has 2 aliphatic heterocycles. The molecule has 1 N–H and O–H groups in total. The van der Waals surface area contributed by atoms with Crippen LogP contribution in [0.15, 0.2) is 35.3 Å². The maximum atomic E-state index is 12.3. The van der Waals surface area contributed by atoms with Gasteiger partial charge >= 0.3 is 6.09 Å². The first-order chi connectivity index (χ1) is 11.7. The summed E-state index contributed by atoms with van der Waals surface area (Å²) in [5.41, 5.74) is 2.37. The van der Waals surface area contributed by atoms with E-state index in [0.29, 0.717) is 25.2 Å². The van der Waals surface area contributed by atoms with Crippen LogP contribution in [0.2, 0.25) is 0 Å². The van der Waals surface area contributed by atoms with E-state index < -0.39 is 5.60 Å². The standard InChI is InChI=1S/C20H27N3O2/c1-13(14-8-6-5-7-9-14)17-10-16(21)15-11-23(12-18(15)22-17)19(24)25-20(2,3)4/h5-9,13,15,17,21H,10-12H2,1-4H3. The van der Waals surface area contributed by atoms with Crippen LogP contribution in [0.25, 0.3) is 0 Å². The molecule has 2 aliphatic rings. The maximum absolute atomic E-state index is 12.3. The first-order valence-electron chi connectivity index (χ1n) is 8.91. The molecule has 0 saturated carbocycles. The molecule has 5 heteroatoms. The zero-order chi connectivity index (χ0) is 18.2. The molecule has 1 amide bonds. The van der Waals surface area contributed by atoms with Gasteiger partial charge in [0.15, 0.2) is 0 Å². The summed E-state index contributed by atoms with van der Waals surface area (Å²) in [6.45, 7) is 8.75. The van der Waals surface area contributed by atoms with Crippen molar-refractivity contribution in [1.82, 2.24) is 4.90 Å². The first kappa shape index (κ1) is 17.6. The van der Waals surface area contributed by atoms with Crippen LogP contribution in [-0.2, 0) is 4.74 Å². The van der Waals surface area contributed by atoms with Crippen LogP contribution in [0.5, 0.6) is 0 Å². The smallest absolute Gasteiger partial charge is 0.410 e. The molecule has 25 heavy (non-hydrogen) atoms. The minimum atomic E-state index is -0.509. The first-order valence-corrected chi connectivity index (χ1v) is 8.91. The van der Waals surface area contributed by atoms with Gasteiger partial charge in [-0.25, -0.2) is 4.79 Å². The molecule has 0 aromatic heterocycles. The Balaban J connectivity index is 1.75. The van der Waals surface area contributed by atoms with E-state index in [9.17, 15) is 4.79 Å². The lowest BCUT2D eigenvalue weighted by Crippen LogP contribution is -2.36. The molecule has 3 rings (SSSR count). The molecule has 1 aromatic carbocycles. The Labute approximate surface area is 149 Å². The number of aliphatic imine (C=N–C) groups is 1. The molecule has 1 fully saturated rings. The lowest BCUT2D eigenvalue weighted by Gasteiger charge is -2.28. The highest BCUT2D eigenvalue weighted by molar-refractivity contribution is 6.11. The minimum Gasteiger partial charge on any atom is -0.444 e. The van der Waals surface area contributed by atoms with Gasteiger partial charge in [-0.1, -0.05) is 37.3 Å². The quantitative estimate of drug-likeness (QED) is 0.887. The van der Waals surface area contributed by atoms with Gasteiger partial charge in [0.2, 0.25) is 0 Å². The summed E-state index contributed by atoms with van der Waals surface area (Å²) in [7, 11) is 0. The Morgan fingerprint density at radius 2 is 2.00 bits per heavy atom. The highest BCUT2D eigenvalue weighted by Gasteiger charge is 2.40. The van der Waals surface area contributed by atoms with Gasteiger partial charge in [0, 0.05) is 30.3 Å². The second-order valence-electron chi connectivity index (χ2n) is 8.03. The lowest BCUT2D eigenvalue weighted by atomic mass is 9.84. The molecule has 2 heterocycles. The van der Waals surface area contributed by atoms with Crippen LogP contribution in [-0.4, -0.2) is 47.1 Å². The number of carbonyl (C=O) groups is 1. The van der Waals surface area contributed by atoms with Gasteiger partial charge in [-0.3, -0.25) is 4.99 Å². The van der Waals surface area contributed by atoms with Gasteiger partial charge < -0.3 is 15.0 Å². The molecule has 0 aliphatic carbocycles. The van der Waals surface area contributed by atoms with Crippen molar-refractivity contribution in [3.05, 3.63) is 35.9 Å². The van der Waals surface area contributed by atoms with Gasteiger partial charge in [0.1, 0.15) is 5.60 Å². The van der Waals surface area contributed by atoms with Crippen LogP contribution in [0.4, 0.5) is 4.79 Å². The largest absolute Gasteiger partial charge is 0.444 e. The Hall–Kier alpha value is -2.17. The van der Waals surface area contributed by atoms with Crippen molar-refractivity contribution >= 4 is 17.5 Å². The second kappa shape index (κ2) is 6.62. The van der Waals surface area contributed by atoms with Crippen LogP contribution in [0, 0.1) is 11.3 Å². The number of fused-ring (bicyclic) bond motifs is 1. The van der Waals surface area contributed by atoms with Gasteiger partial charge in [0.05, 0.1) is 18.5 Å². The summed E-state index contributed by atoms with van der Waals surface area (Å²) >= 11 is 0. The molecular formula is C20H27N3O2. The second-order valence-corrected chi connectivity index (χ2v) is 8.03. The van der Waals surface area contributed by atoms with E-state index in [1.807, 2.05) is 39.0 Å². The van der Waals surface area contributed by atoms with Crippen molar-refractivity contribution < 1.29 is 9.53 Å². The van der Waals surface area contributed by atoms with Crippen LogP contribution in [0.1, 0.15) is 45.6 Å². The zero-order valence-electron chi connectivity index (χ0n) is 15.5. The number of carbonyl (C=O) groups excluding carboxylic acids is 1. The minimum absolute atomic E-state index is 0.0354. The van der Waals surface area contributed by atoms with E-state index in [2.05, 4.69) is 19.1 Å². The Bertz CT molecular complexity index is 691. The number of benzene rings is 1. The molecule has 3 atom stereocenters. The number of hydrogen-bond donors (Lipinski definition) is 1. The van der Waals surface area contributed by atoms with Gasteiger partial charge in [-0.15, -0.1) is 0 Å². The Morgan fingerprint density at radius 1 is 1.32 bits per heavy atom. The van der Waals surface area contributed by atoms with Crippen molar-refractivity contribution in [3.8, 4) is 0 Å². The monoisotopic (exact) mass is 341 g/mol. The van der Waals surface area contributed by atoms with Crippen molar-refractivity contribution in [2.75, 3.05) is 13.1 Å². The molecule has 1 saturated heterocycles. The van der Waals surface area contributed by atoms with Crippen molar-refractivity contribution in [1.29, 1.82) is 5.41 Å². The average Bonchev–Trinajstić information content (AvgIpc) is 2.98. The fourth-order valence-corrected chi connectivity index (χ4v) is 3.50. The number of amides is 1. The maximum Gasteiger partial charge on any atom is 0.410 e. The van der Waals surface area contributed by atoms with E-state index >= 15 is 0 Å². The number of hydrogen-bond acceptors (Lipinski definition) is 4. The predicted molar refractivity (Wildman–Crippen MR) is 99.7 cm³/mol. The topological polar surface area (TPSA) is 65.8 Å². The summed E-state index contributed by atoms with van der Waals surface area (Å²) in [5.74, 6) is 0.220. The number of likely N-dealkylation sites (tertiary alicyclic amines) is 1. The van der Waals surface area contributed by atoms with E-state index in [0.717, 1.165) is 5.71 Å². The van der Waals surface area contributed by atoms with Gasteiger partial charge in [-0.2, -0.15) is 0 Å². The fraction of sp³-hybridized carbons (Fsp3) is 0.550. The molecule has 134 valence electrons. The summed E-state index contributed by atoms with van der Waals surface area (Å²) in [6, 6.07) is 10.4. The molecule has 0 bridgehead atoms. The lowest BCUT2D eigenvalue weighted by molar-refractivity contribution is 0.0298.